The molecule has 1 unspecified atom stereocenters. The van der Waals surface area contributed by atoms with Crippen molar-refractivity contribution < 1.29 is 9.84 Å². The molecule has 0 fully saturated rings. The van der Waals surface area contributed by atoms with Crippen LogP contribution in [0.15, 0.2) is 48.5 Å². The van der Waals surface area contributed by atoms with Gasteiger partial charge in [0.05, 0.1) is 6.61 Å². The van der Waals surface area contributed by atoms with E-state index in [1.54, 1.807) is 0 Å². The SMILES string of the molecule is CC(C)(B(P)I)c1ccc(OCc2ccc(CO)cc2)cc1. The highest BCUT2D eigenvalue weighted by molar-refractivity contribution is 14.1. The van der Waals surface area contributed by atoms with Gasteiger partial charge in [-0.3, -0.25) is 0 Å². The molecule has 0 aliphatic heterocycles. The zero-order valence-corrected chi connectivity index (χ0v) is 16.2. The van der Waals surface area contributed by atoms with Gasteiger partial charge in [0.1, 0.15) is 12.4 Å². The molecule has 0 aromatic heterocycles. The average Bonchev–Trinajstić information content (AvgIpc) is 2.53. The van der Waals surface area contributed by atoms with Gasteiger partial charge in [-0.2, -0.15) is 9.12 Å². The van der Waals surface area contributed by atoms with E-state index in [9.17, 15) is 0 Å². The molecule has 2 nitrogen and oxygen atoms in total. The molecule has 2 aromatic carbocycles. The zero-order chi connectivity index (χ0) is 16.2. The third-order valence-electron chi connectivity index (χ3n) is 3.90. The first-order chi connectivity index (χ1) is 10.4. The Hall–Kier alpha value is -0.575. The molecular formula is C17H21BIO2P. The lowest BCUT2D eigenvalue weighted by molar-refractivity contribution is 0.281. The van der Waals surface area contributed by atoms with Gasteiger partial charge in [0, 0.05) is 0 Å². The summed E-state index contributed by atoms with van der Waals surface area (Å²) in [6.45, 7) is 5.10. The smallest absolute Gasteiger partial charge is 0.249 e. The summed E-state index contributed by atoms with van der Waals surface area (Å²) >= 11 is 2.44. The maximum Gasteiger partial charge on any atom is 0.249 e. The first-order valence-electron chi connectivity index (χ1n) is 7.25. The zero-order valence-electron chi connectivity index (χ0n) is 12.9. The number of aliphatic hydroxyl groups is 1. The standard InChI is InChI=1S/C17H21BIO2P/c1-17(2,18(19)22)15-7-9-16(10-8-15)21-12-14-5-3-13(11-20)4-6-14/h3-10,20H,11-12,22H2,1-2H3. The molecule has 0 saturated carbocycles. The third-order valence-corrected chi connectivity index (χ3v) is 6.29. The lowest BCUT2D eigenvalue weighted by atomic mass is 9.66. The lowest BCUT2D eigenvalue weighted by Crippen LogP contribution is -2.28. The first kappa shape index (κ1) is 17.8. The first-order valence-corrected chi connectivity index (χ1v) is 9.16. The number of hydrogen-bond acceptors (Lipinski definition) is 2. The van der Waals surface area contributed by atoms with Crippen molar-refractivity contribution in [3.05, 3.63) is 65.2 Å². The minimum atomic E-state index is 0.0753. The molecule has 116 valence electrons. The maximum atomic E-state index is 9.03. The van der Waals surface area contributed by atoms with Crippen molar-refractivity contribution in [2.24, 2.45) is 0 Å². The van der Waals surface area contributed by atoms with Crippen LogP contribution in [0.25, 0.3) is 0 Å². The van der Waals surface area contributed by atoms with Gasteiger partial charge in [0.25, 0.3) is 0 Å². The normalized spacial score (nSPS) is 11.3. The average molecular weight is 426 g/mol. The summed E-state index contributed by atoms with van der Waals surface area (Å²) in [6, 6.07) is 16.1. The molecule has 1 N–H and O–H groups in total. The molecule has 5 heteroatoms. The van der Waals surface area contributed by atoms with Crippen LogP contribution < -0.4 is 4.74 Å². The Balaban J connectivity index is 1.99. The van der Waals surface area contributed by atoms with Gasteiger partial charge in [0.15, 0.2) is 0 Å². The van der Waals surface area contributed by atoms with Crippen LogP contribution >= 0.6 is 31.5 Å². The lowest BCUT2D eigenvalue weighted by Gasteiger charge is -2.26. The second-order valence-corrected chi connectivity index (χ2v) is 9.28. The molecule has 22 heavy (non-hydrogen) atoms. The molecule has 0 amide bonds. The fourth-order valence-corrected chi connectivity index (χ4v) is 2.60. The Labute approximate surface area is 148 Å². The Bertz CT molecular complexity index is 597. The number of ether oxygens (including phenoxy) is 1. The van der Waals surface area contributed by atoms with Gasteiger partial charge >= 0.3 is 0 Å². The van der Waals surface area contributed by atoms with E-state index >= 15 is 0 Å². The summed E-state index contributed by atoms with van der Waals surface area (Å²) in [5.41, 5.74) is 3.32. The van der Waals surface area contributed by atoms with Crippen LogP contribution in [0.2, 0.25) is 0 Å². The number of rotatable bonds is 6. The van der Waals surface area contributed by atoms with Gasteiger partial charge in [-0.25, -0.2) is 0 Å². The molecule has 2 rings (SSSR count). The largest absolute Gasteiger partial charge is 0.489 e. The highest BCUT2D eigenvalue weighted by Crippen LogP contribution is 2.33. The van der Waals surface area contributed by atoms with Crippen molar-refractivity contribution in [3.63, 3.8) is 0 Å². The fourth-order valence-electron chi connectivity index (χ4n) is 2.05. The Kier molecular flexibility index (Phi) is 6.31. The number of halogens is 1. The van der Waals surface area contributed by atoms with Crippen molar-refractivity contribution in [2.75, 3.05) is 0 Å². The second kappa shape index (κ2) is 7.80. The minimum Gasteiger partial charge on any atom is -0.489 e. The van der Waals surface area contributed by atoms with Crippen LogP contribution in [0.1, 0.15) is 30.5 Å². The molecule has 0 bridgehead atoms. The Morgan fingerprint density at radius 3 is 2.09 bits per heavy atom. The highest BCUT2D eigenvalue weighted by Gasteiger charge is 2.29. The molecule has 0 saturated heterocycles. The summed E-state index contributed by atoms with van der Waals surface area (Å²) in [5.74, 6) is 0.875. The van der Waals surface area contributed by atoms with Crippen LogP contribution in [0.5, 0.6) is 5.75 Å². The Morgan fingerprint density at radius 1 is 1.05 bits per heavy atom. The topological polar surface area (TPSA) is 29.5 Å². The van der Waals surface area contributed by atoms with Crippen LogP contribution in [0.3, 0.4) is 0 Å². The molecule has 0 aliphatic rings. The number of aliphatic hydroxyl groups excluding tert-OH is 1. The minimum absolute atomic E-state index is 0.0753. The quantitative estimate of drug-likeness (QED) is 0.423. The summed E-state index contributed by atoms with van der Waals surface area (Å²) in [7, 11) is 2.87. The van der Waals surface area contributed by atoms with Crippen molar-refractivity contribution in [1.29, 1.82) is 0 Å². The van der Waals surface area contributed by atoms with Crippen molar-refractivity contribution in [2.45, 2.75) is 32.4 Å². The van der Waals surface area contributed by atoms with Crippen LogP contribution in [-0.4, -0.2) is 9.40 Å². The fraction of sp³-hybridized carbons (Fsp3) is 0.294. The van der Waals surface area contributed by atoms with E-state index < -0.39 is 0 Å². The second-order valence-electron chi connectivity index (χ2n) is 5.91. The molecule has 0 aliphatic carbocycles. The van der Waals surface area contributed by atoms with Crippen LogP contribution in [0, 0.1) is 0 Å². The maximum absolute atomic E-state index is 9.03. The van der Waals surface area contributed by atoms with Crippen LogP contribution in [-0.2, 0) is 18.5 Å². The monoisotopic (exact) mass is 426 g/mol. The predicted molar refractivity (Wildman–Crippen MR) is 106 cm³/mol. The Morgan fingerprint density at radius 2 is 1.59 bits per heavy atom. The molecule has 1 atom stereocenters. The summed E-state index contributed by atoms with van der Waals surface area (Å²) in [4.78, 5) is 0. The van der Waals surface area contributed by atoms with Gasteiger partial charge < -0.3 is 9.84 Å². The number of benzene rings is 2. The molecule has 0 spiro atoms. The van der Waals surface area contributed by atoms with E-state index in [2.05, 4.69) is 57.5 Å². The van der Waals surface area contributed by atoms with E-state index in [0.717, 1.165) is 16.9 Å². The van der Waals surface area contributed by atoms with E-state index in [1.807, 2.05) is 36.4 Å². The van der Waals surface area contributed by atoms with E-state index in [4.69, 9.17) is 9.84 Å². The van der Waals surface area contributed by atoms with Gasteiger partial charge in [-0.05, 0) is 34.1 Å². The van der Waals surface area contributed by atoms with Crippen molar-refractivity contribution >= 4 is 35.8 Å². The summed E-state index contributed by atoms with van der Waals surface area (Å²) < 4.78 is 6.30. The van der Waals surface area contributed by atoms with Crippen LogP contribution in [0.4, 0.5) is 0 Å². The number of hydrogen-bond donors (Lipinski definition) is 1. The predicted octanol–water partition coefficient (Wildman–Crippen LogP) is 4.37. The van der Waals surface area contributed by atoms with E-state index in [0.29, 0.717) is 10.9 Å². The highest BCUT2D eigenvalue weighted by atomic mass is 127. The summed E-state index contributed by atoms with van der Waals surface area (Å²) in [5, 5.41) is 9.15. The summed E-state index contributed by atoms with van der Waals surface area (Å²) in [6.07, 6.45) is 0. The molecule has 0 radical (unpaired) electrons. The molecular weight excluding hydrogens is 405 g/mol. The molecule has 0 heterocycles. The van der Waals surface area contributed by atoms with Gasteiger partial charge in [0.2, 0.25) is 4.29 Å². The van der Waals surface area contributed by atoms with Gasteiger partial charge in [-0.1, -0.05) is 50.2 Å². The van der Waals surface area contributed by atoms with E-state index in [1.165, 1.54) is 5.56 Å². The van der Waals surface area contributed by atoms with Gasteiger partial charge in [-0.15, -0.1) is 22.4 Å². The third kappa shape index (κ3) is 4.47. The van der Waals surface area contributed by atoms with E-state index in [-0.39, 0.29) is 11.9 Å². The van der Waals surface area contributed by atoms with Crippen molar-refractivity contribution in [1.82, 2.24) is 0 Å². The van der Waals surface area contributed by atoms with Crippen molar-refractivity contribution in [3.8, 4) is 5.75 Å². The molecule has 2 aromatic rings.